The first-order valence-corrected chi connectivity index (χ1v) is 7.68. The standard InChI is InChI=1S/C10H15N7OS2/c1-5(2)17-9(11)15-16-10(17)20-4-6-3-19-8(13-6)7(18)14-12/h3,5H,4,12H2,1-2H3,(H2,11,15)(H,14,18). The van der Waals surface area contributed by atoms with Crippen molar-refractivity contribution in [1.29, 1.82) is 0 Å². The Bertz CT molecular complexity index is 607. The van der Waals surface area contributed by atoms with Crippen LogP contribution in [0, 0.1) is 0 Å². The molecule has 0 aliphatic carbocycles. The molecule has 2 rings (SSSR count). The van der Waals surface area contributed by atoms with Gasteiger partial charge in [-0.1, -0.05) is 11.8 Å². The first-order valence-electron chi connectivity index (χ1n) is 5.81. The van der Waals surface area contributed by atoms with Gasteiger partial charge in [0, 0.05) is 17.2 Å². The van der Waals surface area contributed by atoms with Crippen molar-refractivity contribution in [2.75, 3.05) is 5.73 Å². The van der Waals surface area contributed by atoms with E-state index in [1.54, 1.807) is 0 Å². The van der Waals surface area contributed by atoms with Crippen LogP contribution >= 0.6 is 23.1 Å². The Balaban J connectivity index is 2.06. The molecule has 0 saturated carbocycles. The molecule has 0 saturated heterocycles. The molecule has 2 aromatic heterocycles. The SMILES string of the molecule is CC(C)n1c(N)nnc1SCc1csc(C(=O)NN)n1. The summed E-state index contributed by atoms with van der Waals surface area (Å²) in [5, 5.41) is 10.8. The van der Waals surface area contributed by atoms with Crippen LogP contribution in [0.5, 0.6) is 0 Å². The van der Waals surface area contributed by atoms with E-state index in [-0.39, 0.29) is 11.9 Å². The van der Waals surface area contributed by atoms with Crippen molar-refractivity contribution in [3.05, 3.63) is 16.1 Å². The van der Waals surface area contributed by atoms with E-state index in [1.807, 2.05) is 23.8 Å². The highest BCUT2D eigenvalue weighted by molar-refractivity contribution is 7.98. The van der Waals surface area contributed by atoms with Gasteiger partial charge >= 0.3 is 0 Å². The van der Waals surface area contributed by atoms with E-state index in [4.69, 9.17) is 11.6 Å². The summed E-state index contributed by atoms with van der Waals surface area (Å²) in [6.45, 7) is 4.02. The fraction of sp³-hybridized carbons (Fsp3) is 0.400. The van der Waals surface area contributed by atoms with E-state index < -0.39 is 0 Å². The minimum Gasteiger partial charge on any atom is -0.368 e. The van der Waals surface area contributed by atoms with Crippen molar-refractivity contribution >= 4 is 35.0 Å². The summed E-state index contributed by atoms with van der Waals surface area (Å²) in [5.74, 6) is 5.65. The van der Waals surface area contributed by atoms with Gasteiger partial charge < -0.3 is 5.73 Å². The zero-order chi connectivity index (χ0) is 14.7. The van der Waals surface area contributed by atoms with Crippen LogP contribution in [-0.4, -0.2) is 25.7 Å². The average Bonchev–Trinajstić information content (AvgIpc) is 3.02. The molecule has 0 unspecified atom stereocenters. The smallest absolute Gasteiger partial charge is 0.294 e. The number of hydrogen-bond donors (Lipinski definition) is 3. The topological polar surface area (TPSA) is 125 Å². The van der Waals surface area contributed by atoms with Crippen molar-refractivity contribution in [3.8, 4) is 0 Å². The molecule has 0 aliphatic rings. The van der Waals surface area contributed by atoms with Crippen LogP contribution in [0.4, 0.5) is 5.95 Å². The number of nitrogens with zero attached hydrogens (tertiary/aromatic N) is 4. The number of anilines is 1. The van der Waals surface area contributed by atoms with Crippen LogP contribution in [0.2, 0.25) is 0 Å². The summed E-state index contributed by atoms with van der Waals surface area (Å²) >= 11 is 2.72. The van der Waals surface area contributed by atoms with E-state index in [1.165, 1.54) is 23.1 Å². The molecule has 0 radical (unpaired) electrons. The van der Waals surface area contributed by atoms with E-state index in [0.29, 0.717) is 16.7 Å². The molecule has 8 nitrogen and oxygen atoms in total. The monoisotopic (exact) mass is 313 g/mol. The highest BCUT2D eigenvalue weighted by Gasteiger charge is 2.14. The number of hydrogen-bond acceptors (Lipinski definition) is 8. The number of nitrogens with one attached hydrogen (secondary N) is 1. The highest BCUT2D eigenvalue weighted by atomic mass is 32.2. The zero-order valence-corrected chi connectivity index (χ0v) is 12.7. The van der Waals surface area contributed by atoms with Gasteiger partial charge in [-0.05, 0) is 13.8 Å². The molecular formula is C10H15N7OS2. The van der Waals surface area contributed by atoms with Crippen molar-refractivity contribution in [2.45, 2.75) is 30.8 Å². The predicted molar refractivity (Wildman–Crippen MR) is 78.1 cm³/mol. The molecule has 108 valence electrons. The lowest BCUT2D eigenvalue weighted by Gasteiger charge is -2.10. The van der Waals surface area contributed by atoms with Crippen molar-refractivity contribution < 1.29 is 4.79 Å². The summed E-state index contributed by atoms with van der Waals surface area (Å²) in [4.78, 5) is 15.5. The number of hydrazine groups is 1. The molecule has 10 heteroatoms. The van der Waals surface area contributed by atoms with E-state index in [0.717, 1.165) is 10.9 Å². The summed E-state index contributed by atoms with van der Waals surface area (Å²) in [7, 11) is 0. The number of nitrogens with two attached hydrogens (primary N) is 2. The molecule has 0 spiro atoms. The zero-order valence-electron chi connectivity index (χ0n) is 11.0. The summed E-state index contributed by atoms with van der Waals surface area (Å²) in [6, 6.07) is 0.182. The lowest BCUT2D eigenvalue weighted by atomic mass is 10.4. The Morgan fingerprint density at radius 2 is 2.30 bits per heavy atom. The van der Waals surface area contributed by atoms with E-state index in [2.05, 4.69) is 20.6 Å². The third-order valence-corrected chi connectivity index (χ3v) is 4.30. The first-order chi connectivity index (χ1) is 9.52. The normalized spacial score (nSPS) is 11.0. The van der Waals surface area contributed by atoms with Crippen molar-refractivity contribution in [3.63, 3.8) is 0 Å². The Labute approximate surface area is 123 Å². The second-order valence-electron chi connectivity index (χ2n) is 4.21. The van der Waals surface area contributed by atoms with Gasteiger partial charge in [-0.2, -0.15) is 0 Å². The van der Waals surface area contributed by atoms with Crippen LogP contribution in [0.3, 0.4) is 0 Å². The van der Waals surface area contributed by atoms with Crippen molar-refractivity contribution in [1.82, 2.24) is 25.2 Å². The summed E-state index contributed by atoms with van der Waals surface area (Å²) in [6.07, 6.45) is 0. The molecule has 2 heterocycles. The lowest BCUT2D eigenvalue weighted by Crippen LogP contribution is -2.29. The van der Waals surface area contributed by atoms with Gasteiger partial charge in [0.1, 0.15) is 0 Å². The molecule has 5 N–H and O–H groups in total. The molecule has 20 heavy (non-hydrogen) atoms. The van der Waals surface area contributed by atoms with E-state index >= 15 is 0 Å². The molecular weight excluding hydrogens is 298 g/mol. The second kappa shape index (κ2) is 6.20. The molecule has 0 aliphatic heterocycles. The quantitative estimate of drug-likeness (QED) is 0.322. The highest BCUT2D eigenvalue weighted by Crippen LogP contribution is 2.26. The number of thioether (sulfide) groups is 1. The van der Waals surface area contributed by atoms with Gasteiger partial charge in [-0.25, -0.2) is 10.8 Å². The fourth-order valence-electron chi connectivity index (χ4n) is 1.55. The minimum absolute atomic E-state index is 0.182. The predicted octanol–water partition coefficient (Wildman–Crippen LogP) is 0.794. The van der Waals surface area contributed by atoms with Crippen LogP contribution in [-0.2, 0) is 5.75 Å². The van der Waals surface area contributed by atoms with Gasteiger partial charge in [0.25, 0.3) is 5.91 Å². The van der Waals surface area contributed by atoms with Gasteiger partial charge in [0.2, 0.25) is 5.95 Å². The third-order valence-electron chi connectivity index (χ3n) is 2.43. The maximum Gasteiger partial charge on any atom is 0.294 e. The van der Waals surface area contributed by atoms with Gasteiger partial charge in [0.15, 0.2) is 10.2 Å². The Morgan fingerprint density at radius 1 is 1.55 bits per heavy atom. The average molecular weight is 313 g/mol. The largest absolute Gasteiger partial charge is 0.368 e. The van der Waals surface area contributed by atoms with Gasteiger partial charge in [-0.15, -0.1) is 21.5 Å². The molecule has 1 amide bonds. The summed E-state index contributed by atoms with van der Waals surface area (Å²) < 4.78 is 1.85. The fourth-order valence-corrected chi connectivity index (χ4v) is 3.34. The Hall–Kier alpha value is -1.65. The third kappa shape index (κ3) is 3.08. The Kier molecular flexibility index (Phi) is 4.57. The molecule has 0 fully saturated rings. The number of rotatable bonds is 5. The summed E-state index contributed by atoms with van der Waals surface area (Å²) in [5.41, 5.74) is 8.61. The van der Waals surface area contributed by atoms with Crippen LogP contribution in [0.15, 0.2) is 10.5 Å². The molecule has 2 aromatic rings. The lowest BCUT2D eigenvalue weighted by molar-refractivity contribution is 0.0953. The molecule has 0 aromatic carbocycles. The van der Waals surface area contributed by atoms with Crippen LogP contribution < -0.4 is 17.0 Å². The number of aromatic nitrogens is 4. The number of nitrogen functional groups attached to an aromatic ring is 2. The maximum absolute atomic E-state index is 11.3. The second-order valence-corrected chi connectivity index (χ2v) is 6.01. The van der Waals surface area contributed by atoms with Crippen LogP contribution in [0.1, 0.15) is 35.4 Å². The first kappa shape index (κ1) is 14.8. The van der Waals surface area contributed by atoms with Gasteiger partial charge in [0.05, 0.1) is 5.69 Å². The van der Waals surface area contributed by atoms with E-state index in [9.17, 15) is 4.79 Å². The Morgan fingerprint density at radius 3 is 2.95 bits per heavy atom. The molecule has 0 atom stereocenters. The minimum atomic E-state index is -0.388. The number of thiazole rings is 1. The maximum atomic E-state index is 11.3. The van der Waals surface area contributed by atoms with Crippen molar-refractivity contribution in [2.24, 2.45) is 5.84 Å². The van der Waals surface area contributed by atoms with Gasteiger partial charge in [-0.3, -0.25) is 14.8 Å². The number of carbonyl (C=O) groups excluding carboxylic acids is 1. The molecule has 0 bridgehead atoms. The number of amides is 1. The number of carbonyl (C=O) groups is 1. The van der Waals surface area contributed by atoms with Crippen LogP contribution in [0.25, 0.3) is 0 Å².